The first-order chi connectivity index (χ1) is 12.2. The summed E-state index contributed by atoms with van der Waals surface area (Å²) in [7, 11) is 1.65. The summed E-state index contributed by atoms with van der Waals surface area (Å²) in [6.07, 6.45) is 5.37. The Hall–Kier alpha value is -3.08. The first-order valence-corrected chi connectivity index (χ1v) is 8.18. The fourth-order valence-corrected chi connectivity index (χ4v) is 2.66. The van der Waals surface area contributed by atoms with E-state index >= 15 is 0 Å². The van der Waals surface area contributed by atoms with Gasteiger partial charge >= 0.3 is 0 Å². The number of carbonyl (C=O) groups is 1. The summed E-state index contributed by atoms with van der Waals surface area (Å²) in [5, 5.41) is 2.96. The zero-order valence-corrected chi connectivity index (χ0v) is 14.3. The number of rotatable bonds is 6. The molecule has 0 fully saturated rings. The summed E-state index contributed by atoms with van der Waals surface area (Å²) in [6.45, 7) is 2.58. The minimum absolute atomic E-state index is 0.0847. The number of nitrogens with one attached hydrogen (secondary N) is 1. The molecule has 1 aromatic heterocycles. The van der Waals surface area contributed by atoms with Crippen LogP contribution in [-0.2, 0) is 0 Å². The van der Waals surface area contributed by atoms with E-state index in [1.54, 1.807) is 19.6 Å². The largest absolute Gasteiger partial charge is 0.496 e. The van der Waals surface area contributed by atoms with Crippen LogP contribution in [0.5, 0.6) is 5.75 Å². The van der Waals surface area contributed by atoms with E-state index in [9.17, 15) is 4.79 Å². The topological polar surface area (TPSA) is 56.1 Å². The van der Waals surface area contributed by atoms with E-state index in [1.165, 1.54) is 0 Å². The maximum absolute atomic E-state index is 12.3. The van der Waals surface area contributed by atoms with E-state index in [2.05, 4.69) is 10.3 Å². The van der Waals surface area contributed by atoms with Crippen molar-refractivity contribution in [2.24, 2.45) is 0 Å². The lowest BCUT2D eigenvalue weighted by Gasteiger charge is -2.14. The minimum atomic E-state index is -0.0847. The molecule has 2 aromatic carbocycles. The number of aromatic nitrogens is 2. The Balaban J connectivity index is 1.66. The Labute approximate surface area is 147 Å². The SMILES string of the molecule is COc1ccccc1-c1ccc(C(=O)NC[C@H](C)n2ccnc2)cc1. The molecule has 0 aliphatic rings. The molecule has 0 unspecified atom stereocenters. The summed E-state index contributed by atoms with van der Waals surface area (Å²) in [5.74, 6) is 0.729. The Kier molecular flexibility index (Phi) is 5.14. The first-order valence-electron chi connectivity index (χ1n) is 8.18. The van der Waals surface area contributed by atoms with Gasteiger partial charge in [0.05, 0.1) is 13.4 Å². The first kappa shape index (κ1) is 16.8. The second-order valence-electron chi connectivity index (χ2n) is 5.85. The van der Waals surface area contributed by atoms with Gasteiger partial charge in [-0.2, -0.15) is 0 Å². The fourth-order valence-electron chi connectivity index (χ4n) is 2.66. The van der Waals surface area contributed by atoms with Crippen LogP contribution in [0.3, 0.4) is 0 Å². The molecule has 1 atom stereocenters. The molecule has 128 valence electrons. The highest BCUT2D eigenvalue weighted by atomic mass is 16.5. The number of para-hydroxylation sites is 1. The number of hydrogen-bond acceptors (Lipinski definition) is 3. The van der Waals surface area contributed by atoms with Crippen LogP contribution in [0.15, 0.2) is 67.3 Å². The molecule has 0 spiro atoms. The van der Waals surface area contributed by atoms with E-state index in [-0.39, 0.29) is 11.9 Å². The lowest BCUT2D eigenvalue weighted by atomic mass is 10.0. The molecule has 3 rings (SSSR count). The van der Waals surface area contributed by atoms with Crippen molar-refractivity contribution >= 4 is 5.91 Å². The van der Waals surface area contributed by atoms with Gasteiger partial charge in [-0.3, -0.25) is 4.79 Å². The van der Waals surface area contributed by atoms with E-state index in [1.807, 2.05) is 66.2 Å². The standard InChI is InChI=1S/C20H21N3O2/c1-15(23-12-11-21-14-23)13-22-20(24)17-9-7-16(8-10-17)18-5-3-4-6-19(18)25-2/h3-12,14-15H,13H2,1-2H3,(H,22,24)/t15-/m0/s1. The number of amides is 1. The second-order valence-corrected chi connectivity index (χ2v) is 5.85. The highest BCUT2D eigenvalue weighted by Crippen LogP contribution is 2.29. The summed E-state index contributed by atoms with van der Waals surface area (Å²) in [5.41, 5.74) is 2.66. The molecule has 0 bridgehead atoms. The molecule has 5 nitrogen and oxygen atoms in total. The molecular weight excluding hydrogens is 314 g/mol. The number of carbonyl (C=O) groups excluding carboxylic acids is 1. The van der Waals surface area contributed by atoms with Crippen molar-refractivity contribution in [1.29, 1.82) is 0 Å². The van der Waals surface area contributed by atoms with Crippen molar-refractivity contribution in [3.8, 4) is 16.9 Å². The molecule has 0 radical (unpaired) electrons. The number of benzene rings is 2. The maximum atomic E-state index is 12.3. The molecule has 0 saturated carbocycles. The third-order valence-electron chi connectivity index (χ3n) is 4.16. The van der Waals surface area contributed by atoms with Crippen molar-refractivity contribution in [3.63, 3.8) is 0 Å². The van der Waals surface area contributed by atoms with Gasteiger partial charge in [-0.05, 0) is 30.7 Å². The van der Waals surface area contributed by atoms with Crippen molar-refractivity contribution in [3.05, 3.63) is 72.8 Å². The van der Waals surface area contributed by atoms with Gasteiger partial charge < -0.3 is 14.6 Å². The highest BCUT2D eigenvalue weighted by molar-refractivity contribution is 5.94. The molecule has 0 aliphatic heterocycles. The van der Waals surface area contributed by atoms with E-state index in [4.69, 9.17) is 4.74 Å². The number of ether oxygens (including phenoxy) is 1. The second kappa shape index (κ2) is 7.66. The lowest BCUT2D eigenvalue weighted by Crippen LogP contribution is -2.29. The van der Waals surface area contributed by atoms with Crippen LogP contribution in [0.2, 0.25) is 0 Å². The van der Waals surface area contributed by atoms with Crippen LogP contribution >= 0.6 is 0 Å². The molecule has 25 heavy (non-hydrogen) atoms. The molecule has 1 N–H and O–H groups in total. The van der Waals surface area contributed by atoms with Crippen LogP contribution in [-0.4, -0.2) is 29.1 Å². The molecular formula is C20H21N3O2. The Morgan fingerprint density at radius 1 is 1.20 bits per heavy atom. The third kappa shape index (κ3) is 3.88. The van der Waals surface area contributed by atoms with Gasteiger partial charge in [0.2, 0.25) is 0 Å². The predicted molar refractivity (Wildman–Crippen MR) is 97.7 cm³/mol. The van der Waals surface area contributed by atoms with Crippen molar-refractivity contribution in [2.45, 2.75) is 13.0 Å². The molecule has 0 aliphatic carbocycles. The minimum Gasteiger partial charge on any atom is -0.496 e. The average Bonchev–Trinajstić information content (AvgIpc) is 3.21. The van der Waals surface area contributed by atoms with Gasteiger partial charge in [-0.25, -0.2) is 4.98 Å². The van der Waals surface area contributed by atoms with Gasteiger partial charge in [0, 0.05) is 36.1 Å². The smallest absolute Gasteiger partial charge is 0.251 e. The van der Waals surface area contributed by atoms with Crippen molar-refractivity contribution < 1.29 is 9.53 Å². The molecule has 5 heteroatoms. The van der Waals surface area contributed by atoms with Crippen LogP contribution in [0, 0.1) is 0 Å². The molecule has 1 amide bonds. The van der Waals surface area contributed by atoms with E-state index in [0.717, 1.165) is 16.9 Å². The van der Waals surface area contributed by atoms with Crippen molar-refractivity contribution in [1.82, 2.24) is 14.9 Å². The quantitative estimate of drug-likeness (QED) is 0.749. The number of methoxy groups -OCH3 is 1. The lowest BCUT2D eigenvalue weighted by molar-refractivity contribution is 0.0948. The zero-order valence-electron chi connectivity index (χ0n) is 14.3. The van der Waals surface area contributed by atoms with Gasteiger partial charge in [0.1, 0.15) is 5.75 Å². The van der Waals surface area contributed by atoms with Crippen LogP contribution in [0.1, 0.15) is 23.3 Å². The summed E-state index contributed by atoms with van der Waals surface area (Å²) >= 11 is 0. The monoisotopic (exact) mass is 335 g/mol. The van der Waals surface area contributed by atoms with Gasteiger partial charge in [0.25, 0.3) is 5.91 Å². The zero-order chi connectivity index (χ0) is 17.6. The molecule has 3 aromatic rings. The van der Waals surface area contributed by atoms with Crippen LogP contribution in [0.25, 0.3) is 11.1 Å². The van der Waals surface area contributed by atoms with Crippen molar-refractivity contribution in [2.75, 3.05) is 13.7 Å². The third-order valence-corrected chi connectivity index (χ3v) is 4.16. The highest BCUT2D eigenvalue weighted by Gasteiger charge is 2.10. The summed E-state index contributed by atoms with van der Waals surface area (Å²) < 4.78 is 7.35. The van der Waals surface area contributed by atoms with Crippen LogP contribution in [0.4, 0.5) is 0 Å². The Morgan fingerprint density at radius 3 is 2.64 bits per heavy atom. The van der Waals surface area contributed by atoms with E-state index in [0.29, 0.717) is 12.1 Å². The summed E-state index contributed by atoms with van der Waals surface area (Å²) in [6, 6.07) is 15.5. The van der Waals surface area contributed by atoms with Gasteiger partial charge in [-0.15, -0.1) is 0 Å². The molecule has 1 heterocycles. The number of imidazole rings is 1. The van der Waals surface area contributed by atoms with Gasteiger partial charge in [-0.1, -0.05) is 30.3 Å². The predicted octanol–water partition coefficient (Wildman–Crippen LogP) is 3.55. The molecule has 0 saturated heterocycles. The van der Waals surface area contributed by atoms with E-state index < -0.39 is 0 Å². The average molecular weight is 335 g/mol. The number of nitrogens with zero attached hydrogens (tertiary/aromatic N) is 2. The summed E-state index contributed by atoms with van der Waals surface area (Å²) in [4.78, 5) is 16.4. The Morgan fingerprint density at radius 2 is 1.96 bits per heavy atom. The normalized spacial score (nSPS) is 11.8. The Bertz CT molecular complexity index is 826. The number of hydrogen-bond donors (Lipinski definition) is 1. The van der Waals surface area contributed by atoms with Gasteiger partial charge in [0.15, 0.2) is 0 Å². The fraction of sp³-hybridized carbons (Fsp3) is 0.200. The maximum Gasteiger partial charge on any atom is 0.251 e. The van der Waals surface area contributed by atoms with Crippen LogP contribution < -0.4 is 10.1 Å².